The zero-order chi connectivity index (χ0) is 8.97. The van der Waals surface area contributed by atoms with Gasteiger partial charge >= 0.3 is 0 Å². The number of Topliss-reactive ketones (excluding diaryl/α,β-unsaturated/α-hetero) is 1. The molecule has 0 aromatic heterocycles. The third-order valence-electron chi connectivity index (χ3n) is 1.81. The Morgan fingerprint density at radius 2 is 2.25 bits per heavy atom. The van der Waals surface area contributed by atoms with E-state index >= 15 is 0 Å². The zero-order valence-electron chi connectivity index (χ0n) is 6.92. The minimum Gasteiger partial charge on any atom is -0.370 e. The molecule has 0 unspecified atom stereocenters. The van der Waals surface area contributed by atoms with Gasteiger partial charge in [-0.25, -0.2) is 4.99 Å². The van der Waals surface area contributed by atoms with Crippen LogP contribution in [0.25, 0.3) is 0 Å². The average Bonchev–Trinajstić information content (AvgIpc) is 2.03. The van der Waals surface area contributed by atoms with Crippen LogP contribution in [-0.4, -0.2) is 18.3 Å². The SMILES string of the molecule is NC(N)=NCC1=CCC(=O)CC1. The van der Waals surface area contributed by atoms with Crippen LogP contribution in [0.1, 0.15) is 19.3 Å². The lowest BCUT2D eigenvalue weighted by molar-refractivity contribution is -0.118. The summed E-state index contributed by atoms with van der Waals surface area (Å²) in [5.74, 6) is 0.399. The lowest BCUT2D eigenvalue weighted by Gasteiger charge is -2.09. The Balaban J connectivity index is 2.44. The minimum atomic E-state index is 0.104. The Morgan fingerprint density at radius 1 is 1.50 bits per heavy atom. The summed E-state index contributed by atoms with van der Waals surface area (Å²) in [6.45, 7) is 0.537. The van der Waals surface area contributed by atoms with Crippen LogP contribution in [0, 0.1) is 0 Å². The zero-order valence-corrected chi connectivity index (χ0v) is 6.92. The number of carbonyl (C=O) groups is 1. The first kappa shape index (κ1) is 8.77. The molecule has 0 saturated carbocycles. The lowest BCUT2D eigenvalue weighted by Crippen LogP contribution is -2.23. The molecule has 1 rings (SSSR count). The van der Waals surface area contributed by atoms with Crippen molar-refractivity contribution in [1.82, 2.24) is 0 Å². The van der Waals surface area contributed by atoms with Crippen molar-refractivity contribution in [3.05, 3.63) is 11.6 Å². The van der Waals surface area contributed by atoms with Crippen LogP contribution in [0.15, 0.2) is 16.6 Å². The van der Waals surface area contributed by atoms with Crippen molar-refractivity contribution in [3.8, 4) is 0 Å². The fourth-order valence-corrected chi connectivity index (χ4v) is 1.10. The van der Waals surface area contributed by atoms with Crippen molar-refractivity contribution < 1.29 is 4.79 Å². The number of allylic oxidation sites excluding steroid dienone is 1. The van der Waals surface area contributed by atoms with Gasteiger partial charge in [0, 0.05) is 12.8 Å². The van der Waals surface area contributed by atoms with Crippen molar-refractivity contribution in [1.29, 1.82) is 0 Å². The molecule has 12 heavy (non-hydrogen) atoms. The predicted octanol–water partition coefficient (Wildman–Crippen LogP) is -0.0608. The number of hydrogen-bond donors (Lipinski definition) is 2. The number of rotatable bonds is 2. The third-order valence-corrected chi connectivity index (χ3v) is 1.81. The first-order valence-corrected chi connectivity index (χ1v) is 3.93. The Hall–Kier alpha value is -1.32. The van der Waals surface area contributed by atoms with Gasteiger partial charge in [-0.05, 0) is 6.42 Å². The van der Waals surface area contributed by atoms with Gasteiger partial charge in [0.15, 0.2) is 5.96 Å². The van der Waals surface area contributed by atoms with Crippen molar-refractivity contribution in [2.75, 3.05) is 6.54 Å². The molecule has 4 N–H and O–H groups in total. The molecule has 0 spiro atoms. The molecule has 0 atom stereocenters. The average molecular weight is 167 g/mol. The Morgan fingerprint density at radius 3 is 2.75 bits per heavy atom. The topological polar surface area (TPSA) is 81.5 Å². The number of ketones is 1. The third kappa shape index (κ3) is 2.74. The molecule has 0 amide bonds. The van der Waals surface area contributed by atoms with Crippen molar-refractivity contribution in [3.63, 3.8) is 0 Å². The van der Waals surface area contributed by atoms with Crippen molar-refractivity contribution >= 4 is 11.7 Å². The van der Waals surface area contributed by atoms with Gasteiger partial charge < -0.3 is 11.5 Å². The molecule has 0 aromatic carbocycles. The highest BCUT2D eigenvalue weighted by molar-refractivity contribution is 5.81. The Bertz CT molecular complexity index is 239. The van der Waals surface area contributed by atoms with E-state index < -0.39 is 0 Å². The summed E-state index contributed by atoms with van der Waals surface area (Å²) >= 11 is 0. The van der Waals surface area contributed by atoms with E-state index in [9.17, 15) is 4.79 Å². The molecular weight excluding hydrogens is 154 g/mol. The van der Waals surface area contributed by atoms with Gasteiger partial charge in [-0.2, -0.15) is 0 Å². The molecule has 0 bridgehead atoms. The number of hydrogen-bond acceptors (Lipinski definition) is 2. The number of guanidine groups is 1. The molecule has 0 heterocycles. The highest BCUT2D eigenvalue weighted by atomic mass is 16.1. The Labute approximate surface area is 71.3 Å². The standard InChI is InChI=1S/C8H13N3O/c9-8(10)11-5-6-1-3-7(12)4-2-6/h1H,2-5H2,(H4,9,10,11). The maximum atomic E-state index is 10.8. The highest BCUT2D eigenvalue weighted by Crippen LogP contribution is 2.14. The number of nitrogens with zero attached hydrogens (tertiary/aromatic N) is 1. The second kappa shape index (κ2) is 3.90. The van der Waals surface area contributed by atoms with E-state index in [1.165, 1.54) is 0 Å². The summed E-state index contributed by atoms with van der Waals surface area (Å²) in [5, 5.41) is 0. The summed E-state index contributed by atoms with van der Waals surface area (Å²) in [7, 11) is 0. The van der Waals surface area contributed by atoms with Crippen LogP contribution < -0.4 is 11.5 Å². The van der Waals surface area contributed by atoms with E-state index in [1.807, 2.05) is 6.08 Å². The molecular formula is C8H13N3O. The number of nitrogens with two attached hydrogens (primary N) is 2. The maximum Gasteiger partial charge on any atom is 0.186 e. The van der Waals surface area contributed by atoms with Gasteiger partial charge in [-0.15, -0.1) is 0 Å². The summed E-state index contributed by atoms with van der Waals surface area (Å²) in [6, 6.07) is 0. The normalized spacial score (nSPS) is 17.0. The lowest BCUT2D eigenvalue weighted by atomic mass is 9.99. The van der Waals surface area contributed by atoms with Crippen LogP contribution in [-0.2, 0) is 4.79 Å². The maximum absolute atomic E-state index is 10.8. The number of carbonyl (C=O) groups excluding carboxylic acids is 1. The van der Waals surface area contributed by atoms with Crippen molar-refractivity contribution in [2.45, 2.75) is 19.3 Å². The quantitative estimate of drug-likeness (QED) is 0.343. The minimum absolute atomic E-state index is 0.104. The molecule has 0 fully saturated rings. The summed E-state index contributed by atoms with van der Waals surface area (Å²) < 4.78 is 0. The summed E-state index contributed by atoms with van der Waals surface area (Å²) in [4.78, 5) is 14.7. The second-order valence-electron chi connectivity index (χ2n) is 2.85. The van der Waals surface area contributed by atoms with Gasteiger partial charge in [-0.1, -0.05) is 11.6 Å². The molecule has 0 aromatic rings. The molecule has 66 valence electrons. The van der Waals surface area contributed by atoms with Gasteiger partial charge in [0.1, 0.15) is 5.78 Å². The van der Waals surface area contributed by atoms with E-state index in [-0.39, 0.29) is 5.96 Å². The fraction of sp³-hybridized carbons (Fsp3) is 0.500. The monoisotopic (exact) mass is 167 g/mol. The fourth-order valence-electron chi connectivity index (χ4n) is 1.10. The first-order valence-electron chi connectivity index (χ1n) is 3.93. The summed E-state index contributed by atoms with van der Waals surface area (Å²) in [5.41, 5.74) is 11.5. The van der Waals surface area contributed by atoms with Gasteiger partial charge in [0.05, 0.1) is 6.54 Å². The second-order valence-corrected chi connectivity index (χ2v) is 2.85. The van der Waals surface area contributed by atoms with E-state index in [1.54, 1.807) is 0 Å². The Kier molecular flexibility index (Phi) is 2.85. The number of aliphatic imine (C=N–C) groups is 1. The molecule has 0 saturated heterocycles. The molecule has 4 heteroatoms. The van der Waals surface area contributed by atoms with Crippen LogP contribution in [0.4, 0.5) is 0 Å². The summed E-state index contributed by atoms with van der Waals surface area (Å²) in [6.07, 6.45) is 3.88. The van der Waals surface area contributed by atoms with E-state index in [4.69, 9.17) is 11.5 Å². The molecule has 0 aliphatic heterocycles. The molecule has 4 nitrogen and oxygen atoms in total. The molecule has 1 aliphatic carbocycles. The van der Waals surface area contributed by atoms with Crippen LogP contribution >= 0.6 is 0 Å². The molecule has 1 aliphatic rings. The van der Waals surface area contributed by atoms with E-state index in [0.717, 1.165) is 12.0 Å². The van der Waals surface area contributed by atoms with Gasteiger partial charge in [0.25, 0.3) is 0 Å². The highest BCUT2D eigenvalue weighted by Gasteiger charge is 2.08. The largest absolute Gasteiger partial charge is 0.370 e. The van der Waals surface area contributed by atoms with Crippen molar-refractivity contribution in [2.24, 2.45) is 16.5 Å². The van der Waals surface area contributed by atoms with Crippen LogP contribution in [0.2, 0.25) is 0 Å². The predicted molar refractivity (Wildman–Crippen MR) is 47.6 cm³/mol. The van der Waals surface area contributed by atoms with Gasteiger partial charge in [-0.3, -0.25) is 4.79 Å². The van der Waals surface area contributed by atoms with E-state index in [0.29, 0.717) is 25.2 Å². The van der Waals surface area contributed by atoms with Crippen LogP contribution in [0.5, 0.6) is 0 Å². The molecule has 0 radical (unpaired) electrons. The first-order chi connectivity index (χ1) is 5.68. The van der Waals surface area contributed by atoms with E-state index in [2.05, 4.69) is 4.99 Å². The smallest absolute Gasteiger partial charge is 0.186 e. The van der Waals surface area contributed by atoms with Gasteiger partial charge in [0.2, 0.25) is 0 Å². The van der Waals surface area contributed by atoms with Crippen LogP contribution in [0.3, 0.4) is 0 Å².